The standard InChI is InChI=1S/C13H15F3O4/c1-9(10-6-4-3-5-7-10)20-12(17)11(13(14,15)16)19-8-18-2/h3-7,9,11H,8H2,1-2H3/t9?,11-/m0/s1. The number of esters is 1. The summed E-state index contributed by atoms with van der Waals surface area (Å²) in [5.74, 6) is -1.49. The average molecular weight is 292 g/mol. The van der Waals surface area contributed by atoms with Gasteiger partial charge < -0.3 is 14.2 Å². The second-order valence-electron chi connectivity index (χ2n) is 3.98. The molecular formula is C13H15F3O4. The molecule has 0 aliphatic rings. The van der Waals surface area contributed by atoms with E-state index in [1.54, 1.807) is 30.3 Å². The number of halogens is 3. The topological polar surface area (TPSA) is 44.8 Å². The number of alkyl halides is 3. The molecule has 7 heteroatoms. The molecule has 0 aliphatic carbocycles. The minimum Gasteiger partial charge on any atom is -0.456 e. The third-order valence-corrected chi connectivity index (χ3v) is 2.43. The van der Waals surface area contributed by atoms with Gasteiger partial charge in [-0.3, -0.25) is 0 Å². The largest absolute Gasteiger partial charge is 0.456 e. The quantitative estimate of drug-likeness (QED) is 0.597. The Morgan fingerprint density at radius 1 is 1.25 bits per heavy atom. The van der Waals surface area contributed by atoms with Crippen molar-refractivity contribution in [2.75, 3.05) is 13.9 Å². The molecule has 112 valence electrons. The van der Waals surface area contributed by atoms with Gasteiger partial charge in [-0.15, -0.1) is 0 Å². The number of carbonyl (C=O) groups excluding carboxylic acids is 1. The number of rotatable bonds is 6. The van der Waals surface area contributed by atoms with E-state index in [0.717, 1.165) is 7.11 Å². The van der Waals surface area contributed by atoms with Gasteiger partial charge in [0.2, 0.25) is 0 Å². The van der Waals surface area contributed by atoms with E-state index >= 15 is 0 Å². The summed E-state index contributed by atoms with van der Waals surface area (Å²) in [7, 11) is 1.16. The van der Waals surface area contributed by atoms with Crippen LogP contribution in [0.4, 0.5) is 13.2 Å². The van der Waals surface area contributed by atoms with Crippen molar-refractivity contribution in [1.82, 2.24) is 0 Å². The fourth-order valence-corrected chi connectivity index (χ4v) is 1.46. The van der Waals surface area contributed by atoms with Gasteiger partial charge in [0.15, 0.2) is 0 Å². The van der Waals surface area contributed by atoms with Crippen LogP contribution in [0.3, 0.4) is 0 Å². The SMILES string of the molecule is COCO[C@@H](C(=O)OC(C)c1ccccc1)C(F)(F)F. The minimum absolute atomic E-state index is 0.591. The minimum atomic E-state index is -4.86. The maximum absolute atomic E-state index is 12.7. The molecular weight excluding hydrogens is 277 g/mol. The summed E-state index contributed by atoms with van der Waals surface area (Å²) < 4.78 is 51.5. The summed E-state index contributed by atoms with van der Waals surface area (Å²) in [4.78, 5) is 11.6. The fraction of sp³-hybridized carbons (Fsp3) is 0.462. The van der Waals surface area contributed by atoms with Crippen molar-refractivity contribution in [3.8, 4) is 0 Å². The van der Waals surface area contributed by atoms with Crippen molar-refractivity contribution in [2.45, 2.75) is 25.3 Å². The van der Waals surface area contributed by atoms with Gasteiger partial charge in [0.05, 0.1) is 0 Å². The van der Waals surface area contributed by atoms with Crippen molar-refractivity contribution in [3.63, 3.8) is 0 Å². The van der Waals surface area contributed by atoms with Crippen LogP contribution in [0.2, 0.25) is 0 Å². The molecule has 1 aromatic carbocycles. The summed E-state index contributed by atoms with van der Waals surface area (Å²) in [6.07, 6.45) is -8.32. The van der Waals surface area contributed by atoms with Crippen LogP contribution in [-0.4, -0.2) is 32.2 Å². The molecule has 0 N–H and O–H groups in total. The van der Waals surface area contributed by atoms with Gasteiger partial charge in [-0.25, -0.2) is 4.79 Å². The zero-order chi connectivity index (χ0) is 15.2. The van der Waals surface area contributed by atoms with E-state index in [-0.39, 0.29) is 0 Å². The van der Waals surface area contributed by atoms with Crippen LogP contribution in [0.15, 0.2) is 30.3 Å². The first-order chi connectivity index (χ1) is 9.36. The summed E-state index contributed by atoms with van der Waals surface area (Å²) in [6, 6.07) is 8.44. The monoisotopic (exact) mass is 292 g/mol. The van der Waals surface area contributed by atoms with Crippen LogP contribution in [0.5, 0.6) is 0 Å². The van der Waals surface area contributed by atoms with Crippen LogP contribution < -0.4 is 0 Å². The van der Waals surface area contributed by atoms with E-state index in [2.05, 4.69) is 9.47 Å². The highest BCUT2D eigenvalue weighted by molar-refractivity contribution is 5.76. The van der Waals surface area contributed by atoms with E-state index in [4.69, 9.17) is 4.74 Å². The van der Waals surface area contributed by atoms with Gasteiger partial charge in [0.25, 0.3) is 6.10 Å². The Bertz CT molecular complexity index is 419. The molecule has 0 radical (unpaired) electrons. The lowest BCUT2D eigenvalue weighted by Crippen LogP contribution is -2.41. The van der Waals surface area contributed by atoms with Gasteiger partial charge in [-0.05, 0) is 12.5 Å². The van der Waals surface area contributed by atoms with Crippen molar-refractivity contribution >= 4 is 5.97 Å². The maximum Gasteiger partial charge on any atom is 0.425 e. The van der Waals surface area contributed by atoms with Crippen LogP contribution in [0.25, 0.3) is 0 Å². The second-order valence-corrected chi connectivity index (χ2v) is 3.98. The van der Waals surface area contributed by atoms with Gasteiger partial charge >= 0.3 is 12.1 Å². The van der Waals surface area contributed by atoms with Gasteiger partial charge in [-0.2, -0.15) is 13.2 Å². The number of benzene rings is 1. The van der Waals surface area contributed by atoms with Crippen LogP contribution in [0, 0.1) is 0 Å². The highest BCUT2D eigenvalue weighted by Gasteiger charge is 2.47. The molecule has 2 atom stereocenters. The molecule has 0 aliphatic heterocycles. The van der Waals surface area contributed by atoms with Crippen molar-refractivity contribution in [3.05, 3.63) is 35.9 Å². The third-order valence-electron chi connectivity index (χ3n) is 2.43. The molecule has 0 saturated carbocycles. The molecule has 1 aromatic rings. The smallest absolute Gasteiger partial charge is 0.425 e. The van der Waals surface area contributed by atoms with Crippen LogP contribution in [-0.2, 0) is 19.0 Å². The molecule has 0 aromatic heterocycles. The average Bonchev–Trinajstić information content (AvgIpc) is 2.38. The Hall–Kier alpha value is -1.60. The van der Waals surface area contributed by atoms with Crippen molar-refractivity contribution in [2.24, 2.45) is 0 Å². The summed E-state index contributed by atoms with van der Waals surface area (Å²) in [6.45, 7) is 0.829. The van der Waals surface area contributed by atoms with Crippen LogP contribution in [0.1, 0.15) is 18.6 Å². The highest BCUT2D eigenvalue weighted by Crippen LogP contribution is 2.26. The first-order valence-corrected chi connectivity index (χ1v) is 5.79. The Morgan fingerprint density at radius 2 is 1.85 bits per heavy atom. The summed E-state index contributed by atoms with van der Waals surface area (Å²) in [5.41, 5.74) is 0.591. The molecule has 0 bridgehead atoms. The Balaban J connectivity index is 2.71. The molecule has 0 heterocycles. The van der Waals surface area contributed by atoms with E-state index in [0.29, 0.717) is 5.56 Å². The van der Waals surface area contributed by atoms with Gasteiger partial charge in [0, 0.05) is 7.11 Å². The number of hydrogen-bond acceptors (Lipinski definition) is 4. The van der Waals surface area contributed by atoms with E-state index in [1.165, 1.54) is 6.92 Å². The van der Waals surface area contributed by atoms with Crippen molar-refractivity contribution in [1.29, 1.82) is 0 Å². The first kappa shape index (κ1) is 16.5. The second kappa shape index (κ2) is 7.25. The summed E-state index contributed by atoms with van der Waals surface area (Å²) >= 11 is 0. The molecule has 4 nitrogen and oxygen atoms in total. The normalized spacial score (nSPS) is 14.7. The fourth-order valence-electron chi connectivity index (χ4n) is 1.46. The molecule has 0 spiro atoms. The molecule has 20 heavy (non-hydrogen) atoms. The number of carbonyl (C=O) groups is 1. The van der Waals surface area contributed by atoms with Gasteiger partial charge in [-0.1, -0.05) is 30.3 Å². The Kier molecular flexibility index (Phi) is 5.97. The molecule has 1 rings (SSSR count). The van der Waals surface area contributed by atoms with E-state index in [9.17, 15) is 18.0 Å². The van der Waals surface area contributed by atoms with Gasteiger partial charge in [0.1, 0.15) is 12.9 Å². The first-order valence-electron chi connectivity index (χ1n) is 5.79. The number of ether oxygens (including phenoxy) is 3. The molecule has 0 amide bonds. The molecule has 0 fully saturated rings. The number of hydrogen-bond donors (Lipinski definition) is 0. The lowest BCUT2D eigenvalue weighted by molar-refractivity contribution is -0.247. The molecule has 1 unspecified atom stereocenters. The predicted molar refractivity (Wildman–Crippen MR) is 63.8 cm³/mol. The van der Waals surface area contributed by atoms with Crippen molar-refractivity contribution < 1.29 is 32.2 Å². The summed E-state index contributed by atoms with van der Waals surface area (Å²) in [5, 5.41) is 0. The Morgan fingerprint density at radius 3 is 2.35 bits per heavy atom. The predicted octanol–water partition coefficient (Wildman–Crippen LogP) is 2.84. The lowest BCUT2D eigenvalue weighted by Gasteiger charge is -2.21. The maximum atomic E-state index is 12.7. The Labute approximate surface area is 114 Å². The van der Waals surface area contributed by atoms with Crippen LogP contribution >= 0.6 is 0 Å². The zero-order valence-corrected chi connectivity index (χ0v) is 11.0. The van der Waals surface area contributed by atoms with E-state index < -0.39 is 31.1 Å². The zero-order valence-electron chi connectivity index (χ0n) is 11.0. The third kappa shape index (κ3) is 4.82. The lowest BCUT2D eigenvalue weighted by atomic mass is 10.1. The number of methoxy groups -OCH3 is 1. The van der Waals surface area contributed by atoms with E-state index in [1.807, 2.05) is 0 Å². The highest BCUT2D eigenvalue weighted by atomic mass is 19.4. The molecule has 0 saturated heterocycles.